The van der Waals surface area contributed by atoms with Gasteiger partial charge in [-0.15, -0.1) is 0 Å². The molecule has 0 fully saturated rings. The van der Waals surface area contributed by atoms with E-state index in [0.29, 0.717) is 18.7 Å². The molecule has 0 aliphatic heterocycles. The van der Waals surface area contributed by atoms with Crippen LogP contribution in [0.4, 0.5) is 0 Å². The maximum absolute atomic E-state index is 11.7. The summed E-state index contributed by atoms with van der Waals surface area (Å²) in [6.07, 6.45) is 1.95. The summed E-state index contributed by atoms with van der Waals surface area (Å²) in [6, 6.07) is 1.54. The number of nitrogens with two attached hydrogens (primary N) is 1. The van der Waals surface area contributed by atoms with E-state index in [0.717, 1.165) is 12.8 Å². The lowest BCUT2D eigenvalue weighted by Crippen LogP contribution is -2.25. The summed E-state index contributed by atoms with van der Waals surface area (Å²) in [7, 11) is 1.53. The quantitative estimate of drug-likeness (QED) is 0.207. The van der Waals surface area contributed by atoms with Crippen molar-refractivity contribution in [3.8, 4) is 0 Å². The summed E-state index contributed by atoms with van der Waals surface area (Å²) in [6.45, 7) is 0.768. The molecule has 1 rings (SSSR count). The molecule has 0 radical (unpaired) electrons. The molecule has 106 valence electrons. The summed E-state index contributed by atoms with van der Waals surface area (Å²) in [5, 5.41) is 17.5. The molecule has 19 heavy (non-hydrogen) atoms. The molecule has 0 bridgehead atoms. The predicted octanol–water partition coefficient (Wildman–Crippen LogP) is 0.467. The van der Waals surface area contributed by atoms with Crippen molar-refractivity contribution < 1.29 is 19.3 Å². The number of hydrogen-bond acceptors (Lipinski definition) is 6. The van der Waals surface area contributed by atoms with Crippen molar-refractivity contribution >= 4 is 11.7 Å². The number of oxime groups is 1. The van der Waals surface area contributed by atoms with Crippen LogP contribution in [0.15, 0.2) is 15.7 Å². The van der Waals surface area contributed by atoms with Gasteiger partial charge in [-0.3, -0.25) is 4.79 Å². The number of nitrogens with one attached hydrogen (secondary N) is 1. The SMILES string of the molecule is COCc1cc(C(=O)NCCCCC(N)=NO)no1. The van der Waals surface area contributed by atoms with E-state index in [-0.39, 0.29) is 24.0 Å². The largest absolute Gasteiger partial charge is 0.409 e. The number of rotatable bonds is 8. The van der Waals surface area contributed by atoms with E-state index in [4.69, 9.17) is 20.2 Å². The van der Waals surface area contributed by atoms with Gasteiger partial charge in [0, 0.05) is 26.1 Å². The van der Waals surface area contributed by atoms with E-state index in [1.54, 1.807) is 0 Å². The highest BCUT2D eigenvalue weighted by atomic mass is 16.5. The van der Waals surface area contributed by atoms with Crippen molar-refractivity contribution in [1.29, 1.82) is 0 Å². The number of amidine groups is 1. The Morgan fingerprint density at radius 1 is 1.63 bits per heavy atom. The second-order valence-electron chi connectivity index (χ2n) is 3.92. The summed E-state index contributed by atoms with van der Waals surface area (Å²) in [5.41, 5.74) is 5.54. The van der Waals surface area contributed by atoms with Crippen LogP contribution in [0.25, 0.3) is 0 Å². The van der Waals surface area contributed by atoms with Crippen molar-refractivity contribution in [2.24, 2.45) is 10.9 Å². The van der Waals surface area contributed by atoms with Crippen LogP contribution in [-0.4, -0.2) is 35.8 Å². The van der Waals surface area contributed by atoms with Crippen LogP contribution in [0.3, 0.4) is 0 Å². The molecular formula is C11H18N4O4. The lowest BCUT2D eigenvalue weighted by atomic mass is 10.2. The van der Waals surface area contributed by atoms with E-state index in [1.165, 1.54) is 13.2 Å². The first-order valence-electron chi connectivity index (χ1n) is 5.86. The average molecular weight is 270 g/mol. The molecule has 1 amide bonds. The van der Waals surface area contributed by atoms with Gasteiger partial charge in [-0.2, -0.15) is 0 Å². The van der Waals surface area contributed by atoms with Gasteiger partial charge in [0.25, 0.3) is 5.91 Å². The first kappa shape index (κ1) is 15.0. The Hall–Kier alpha value is -2.09. The number of carbonyl (C=O) groups excluding carboxylic acids is 1. The Labute approximate surface area is 110 Å². The summed E-state index contributed by atoms with van der Waals surface area (Å²) < 4.78 is 9.76. The van der Waals surface area contributed by atoms with Gasteiger partial charge < -0.3 is 25.5 Å². The van der Waals surface area contributed by atoms with Gasteiger partial charge in [-0.25, -0.2) is 0 Å². The van der Waals surface area contributed by atoms with Crippen molar-refractivity contribution in [3.05, 3.63) is 17.5 Å². The van der Waals surface area contributed by atoms with Crippen molar-refractivity contribution in [1.82, 2.24) is 10.5 Å². The highest BCUT2D eigenvalue weighted by Crippen LogP contribution is 2.04. The fraction of sp³-hybridized carbons (Fsp3) is 0.545. The van der Waals surface area contributed by atoms with Crippen LogP contribution in [0.2, 0.25) is 0 Å². The number of aromatic nitrogens is 1. The fourth-order valence-corrected chi connectivity index (χ4v) is 1.40. The molecule has 8 heteroatoms. The minimum atomic E-state index is -0.296. The molecule has 1 aromatic rings. The monoisotopic (exact) mass is 270 g/mol. The smallest absolute Gasteiger partial charge is 0.273 e. The van der Waals surface area contributed by atoms with E-state index >= 15 is 0 Å². The minimum absolute atomic E-state index is 0.187. The van der Waals surface area contributed by atoms with Gasteiger partial charge in [0.2, 0.25) is 0 Å². The van der Waals surface area contributed by atoms with Gasteiger partial charge in [-0.1, -0.05) is 10.3 Å². The molecule has 0 aromatic carbocycles. The van der Waals surface area contributed by atoms with Crippen LogP contribution in [-0.2, 0) is 11.3 Å². The summed E-state index contributed by atoms with van der Waals surface area (Å²) in [5.74, 6) is 0.390. The first-order valence-corrected chi connectivity index (χ1v) is 5.86. The number of amides is 1. The summed E-state index contributed by atoms with van der Waals surface area (Å²) >= 11 is 0. The predicted molar refractivity (Wildman–Crippen MR) is 66.8 cm³/mol. The molecular weight excluding hydrogens is 252 g/mol. The third-order valence-corrected chi connectivity index (χ3v) is 2.35. The minimum Gasteiger partial charge on any atom is -0.409 e. The van der Waals surface area contributed by atoms with Gasteiger partial charge in [-0.05, 0) is 12.8 Å². The third-order valence-electron chi connectivity index (χ3n) is 2.35. The van der Waals surface area contributed by atoms with E-state index in [2.05, 4.69) is 15.6 Å². The Morgan fingerprint density at radius 3 is 3.11 bits per heavy atom. The number of ether oxygens (including phenoxy) is 1. The second-order valence-corrected chi connectivity index (χ2v) is 3.92. The Balaban J connectivity index is 2.23. The molecule has 4 N–H and O–H groups in total. The number of carbonyl (C=O) groups is 1. The van der Waals surface area contributed by atoms with Crippen molar-refractivity contribution in [2.75, 3.05) is 13.7 Å². The zero-order chi connectivity index (χ0) is 14.1. The molecule has 0 saturated heterocycles. The van der Waals surface area contributed by atoms with Crippen molar-refractivity contribution in [2.45, 2.75) is 25.9 Å². The number of unbranched alkanes of at least 4 members (excludes halogenated alkanes) is 1. The Kier molecular flexibility index (Phi) is 6.37. The number of methoxy groups -OCH3 is 1. The van der Waals surface area contributed by atoms with E-state index in [9.17, 15) is 4.79 Å². The van der Waals surface area contributed by atoms with Crippen LogP contribution in [0.5, 0.6) is 0 Å². The highest BCUT2D eigenvalue weighted by molar-refractivity contribution is 5.92. The van der Waals surface area contributed by atoms with Gasteiger partial charge in [0.1, 0.15) is 12.4 Å². The number of hydrogen-bond donors (Lipinski definition) is 3. The normalized spacial score (nSPS) is 11.5. The molecule has 0 saturated carbocycles. The third kappa shape index (κ3) is 5.38. The summed E-state index contributed by atoms with van der Waals surface area (Å²) in [4.78, 5) is 11.7. The van der Waals surface area contributed by atoms with Gasteiger partial charge >= 0.3 is 0 Å². The fourth-order valence-electron chi connectivity index (χ4n) is 1.40. The molecule has 1 aromatic heterocycles. The van der Waals surface area contributed by atoms with Gasteiger partial charge in [0.15, 0.2) is 11.5 Å². The standard InChI is InChI=1S/C11H18N4O4/c1-18-7-8-6-9(15-19-8)11(16)13-5-3-2-4-10(12)14-17/h6,17H,2-5,7H2,1H3,(H2,12,14)(H,13,16). The first-order chi connectivity index (χ1) is 9.17. The van der Waals surface area contributed by atoms with Crippen LogP contribution < -0.4 is 11.1 Å². The zero-order valence-electron chi connectivity index (χ0n) is 10.8. The maximum Gasteiger partial charge on any atom is 0.273 e. The van der Waals surface area contributed by atoms with Crippen LogP contribution in [0, 0.1) is 0 Å². The van der Waals surface area contributed by atoms with E-state index in [1.807, 2.05) is 0 Å². The Morgan fingerprint density at radius 2 is 2.42 bits per heavy atom. The topological polar surface area (TPSA) is 123 Å². The second kappa shape index (κ2) is 8.09. The van der Waals surface area contributed by atoms with Crippen LogP contribution >= 0.6 is 0 Å². The lowest BCUT2D eigenvalue weighted by Gasteiger charge is -2.02. The molecule has 0 aliphatic carbocycles. The number of nitrogens with zero attached hydrogens (tertiary/aromatic N) is 2. The maximum atomic E-state index is 11.7. The molecule has 0 unspecified atom stereocenters. The lowest BCUT2D eigenvalue weighted by molar-refractivity contribution is 0.0943. The van der Waals surface area contributed by atoms with Gasteiger partial charge in [0.05, 0.1) is 0 Å². The molecule has 0 spiro atoms. The molecule has 1 heterocycles. The molecule has 0 atom stereocenters. The zero-order valence-corrected chi connectivity index (χ0v) is 10.8. The van der Waals surface area contributed by atoms with Crippen molar-refractivity contribution in [3.63, 3.8) is 0 Å². The molecule has 8 nitrogen and oxygen atoms in total. The highest BCUT2D eigenvalue weighted by Gasteiger charge is 2.11. The average Bonchev–Trinajstić information content (AvgIpc) is 2.87. The molecule has 0 aliphatic rings. The van der Waals surface area contributed by atoms with Crippen LogP contribution in [0.1, 0.15) is 35.5 Å². The Bertz CT molecular complexity index is 430. The van der Waals surface area contributed by atoms with E-state index < -0.39 is 0 Å².